The number of nitrogens with zero attached hydrogens (tertiary/aromatic N) is 1. The molecule has 13 heavy (non-hydrogen) atoms. The van der Waals surface area contributed by atoms with Crippen molar-refractivity contribution in [3.63, 3.8) is 0 Å². The minimum absolute atomic E-state index is 0.00972. The predicted octanol–water partition coefficient (Wildman–Crippen LogP) is 1.45. The van der Waals surface area contributed by atoms with Crippen LogP contribution in [-0.4, -0.2) is 10.1 Å². The normalized spacial score (nSPS) is 11.7. The van der Waals surface area contributed by atoms with Gasteiger partial charge in [-0.25, -0.2) is 4.98 Å². The molecule has 0 saturated heterocycles. The van der Waals surface area contributed by atoms with Crippen molar-refractivity contribution in [1.29, 1.82) is 0 Å². The molecule has 3 heteroatoms. The van der Waals surface area contributed by atoms with Crippen LogP contribution in [0.3, 0.4) is 0 Å². The van der Waals surface area contributed by atoms with Crippen LogP contribution in [0.4, 0.5) is 5.82 Å². The molecule has 0 fully saturated rings. The van der Waals surface area contributed by atoms with Crippen molar-refractivity contribution >= 4 is 5.82 Å². The molecule has 0 aliphatic carbocycles. The number of nitrogens with two attached hydrogens (primary N) is 1. The average molecular weight is 180 g/mol. The highest BCUT2D eigenvalue weighted by atomic mass is 16.3. The first-order valence-electron chi connectivity index (χ1n) is 4.31. The first-order valence-corrected chi connectivity index (χ1v) is 4.31. The van der Waals surface area contributed by atoms with Crippen LogP contribution in [0.5, 0.6) is 0 Å². The number of aliphatic hydroxyl groups excluding tert-OH is 1. The van der Waals surface area contributed by atoms with E-state index in [1.807, 2.05) is 6.07 Å². The minimum atomic E-state index is -0.0285. The van der Waals surface area contributed by atoms with Gasteiger partial charge in [-0.15, -0.1) is 0 Å². The van der Waals surface area contributed by atoms with Crippen LogP contribution in [0.25, 0.3) is 0 Å². The number of hydrogen-bond donors (Lipinski definition) is 2. The smallest absolute Gasteiger partial charge is 0.123 e. The van der Waals surface area contributed by atoms with E-state index in [1.54, 1.807) is 6.07 Å². The van der Waals surface area contributed by atoms with Crippen molar-refractivity contribution in [2.24, 2.45) is 0 Å². The molecule has 72 valence electrons. The van der Waals surface area contributed by atoms with Crippen molar-refractivity contribution in [3.8, 4) is 0 Å². The molecule has 0 atom stereocenters. The molecule has 0 spiro atoms. The number of aromatic nitrogens is 1. The molecular formula is C10H16N2O. The molecule has 1 aromatic rings. The Morgan fingerprint density at radius 1 is 1.38 bits per heavy atom. The number of pyridine rings is 1. The van der Waals surface area contributed by atoms with E-state index in [9.17, 15) is 0 Å². The molecule has 1 aromatic heterocycles. The van der Waals surface area contributed by atoms with Gasteiger partial charge >= 0.3 is 0 Å². The lowest BCUT2D eigenvalue weighted by Gasteiger charge is -2.18. The highest BCUT2D eigenvalue weighted by Gasteiger charge is 2.16. The molecule has 0 bridgehead atoms. The van der Waals surface area contributed by atoms with E-state index in [1.165, 1.54) is 0 Å². The zero-order valence-electron chi connectivity index (χ0n) is 8.33. The summed E-state index contributed by atoms with van der Waals surface area (Å²) in [5.74, 6) is 0.469. The summed E-state index contributed by atoms with van der Waals surface area (Å²) in [5.41, 5.74) is 7.31. The molecule has 1 heterocycles. The molecular weight excluding hydrogens is 164 g/mol. The summed E-state index contributed by atoms with van der Waals surface area (Å²) in [6.45, 7) is 6.21. The third-order valence-corrected chi connectivity index (χ3v) is 1.86. The first-order chi connectivity index (χ1) is 5.93. The lowest BCUT2D eigenvalue weighted by atomic mass is 9.91. The molecule has 0 aliphatic rings. The van der Waals surface area contributed by atoms with Crippen molar-refractivity contribution in [1.82, 2.24) is 4.98 Å². The van der Waals surface area contributed by atoms with E-state index in [0.29, 0.717) is 5.82 Å². The molecule has 0 amide bonds. The van der Waals surface area contributed by atoms with E-state index in [2.05, 4.69) is 25.8 Å². The summed E-state index contributed by atoms with van der Waals surface area (Å²) in [6.07, 6.45) is 0. The Balaban J connectivity index is 3.16. The second-order valence-electron chi connectivity index (χ2n) is 4.19. The molecule has 0 unspecified atom stereocenters. The van der Waals surface area contributed by atoms with E-state index in [0.717, 1.165) is 11.3 Å². The number of anilines is 1. The summed E-state index contributed by atoms with van der Waals surface area (Å²) >= 11 is 0. The van der Waals surface area contributed by atoms with Gasteiger partial charge in [0.2, 0.25) is 0 Å². The van der Waals surface area contributed by atoms with Gasteiger partial charge in [-0.3, -0.25) is 0 Å². The minimum Gasteiger partial charge on any atom is -0.392 e. The van der Waals surface area contributed by atoms with Crippen molar-refractivity contribution < 1.29 is 5.11 Å². The van der Waals surface area contributed by atoms with Crippen LogP contribution >= 0.6 is 0 Å². The maximum atomic E-state index is 8.97. The molecule has 3 N–H and O–H groups in total. The van der Waals surface area contributed by atoms with E-state index >= 15 is 0 Å². The SMILES string of the molecule is CC(C)(C)c1cc(CO)cc(N)n1. The van der Waals surface area contributed by atoms with Gasteiger partial charge in [0.05, 0.1) is 6.61 Å². The number of rotatable bonds is 1. The van der Waals surface area contributed by atoms with Crippen molar-refractivity contribution in [3.05, 3.63) is 23.4 Å². The van der Waals surface area contributed by atoms with E-state index in [-0.39, 0.29) is 12.0 Å². The number of nitrogen functional groups attached to an aromatic ring is 1. The van der Waals surface area contributed by atoms with Gasteiger partial charge in [-0.05, 0) is 17.7 Å². The van der Waals surface area contributed by atoms with Crippen molar-refractivity contribution in [2.45, 2.75) is 32.8 Å². The van der Waals surface area contributed by atoms with Gasteiger partial charge in [-0.1, -0.05) is 20.8 Å². The fourth-order valence-electron chi connectivity index (χ4n) is 1.09. The van der Waals surface area contributed by atoms with Crippen LogP contribution < -0.4 is 5.73 Å². The second-order valence-corrected chi connectivity index (χ2v) is 4.19. The van der Waals surface area contributed by atoms with E-state index < -0.39 is 0 Å². The summed E-state index contributed by atoms with van der Waals surface area (Å²) in [4.78, 5) is 4.22. The Labute approximate surface area is 78.6 Å². The molecule has 0 radical (unpaired) electrons. The van der Waals surface area contributed by atoms with Gasteiger partial charge < -0.3 is 10.8 Å². The van der Waals surface area contributed by atoms with Crippen molar-refractivity contribution in [2.75, 3.05) is 5.73 Å². The number of hydrogen-bond acceptors (Lipinski definition) is 3. The summed E-state index contributed by atoms with van der Waals surface area (Å²) in [5, 5.41) is 8.97. The quantitative estimate of drug-likeness (QED) is 0.687. The average Bonchev–Trinajstić information content (AvgIpc) is 2.01. The lowest BCUT2D eigenvalue weighted by molar-refractivity contribution is 0.281. The molecule has 0 aliphatic heterocycles. The third kappa shape index (κ3) is 2.42. The summed E-state index contributed by atoms with van der Waals surface area (Å²) in [6, 6.07) is 3.58. The zero-order chi connectivity index (χ0) is 10.1. The molecule has 0 aromatic carbocycles. The maximum Gasteiger partial charge on any atom is 0.123 e. The van der Waals surface area contributed by atoms with Crippen LogP contribution in [-0.2, 0) is 12.0 Å². The highest BCUT2D eigenvalue weighted by molar-refractivity contribution is 5.36. The highest BCUT2D eigenvalue weighted by Crippen LogP contribution is 2.22. The zero-order valence-corrected chi connectivity index (χ0v) is 8.33. The van der Waals surface area contributed by atoms with E-state index in [4.69, 9.17) is 10.8 Å². The summed E-state index contributed by atoms with van der Waals surface area (Å²) in [7, 11) is 0. The van der Waals surface area contributed by atoms with Gasteiger partial charge in [0.1, 0.15) is 5.82 Å². The second kappa shape index (κ2) is 3.34. The topological polar surface area (TPSA) is 59.1 Å². The lowest BCUT2D eigenvalue weighted by Crippen LogP contribution is -2.15. The van der Waals surface area contributed by atoms with Crippen LogP contribution in [0.2, 0.25) is 0 Å². The van der Waals surface area contributed by atoms with Crippen LogP contribution in [0.1, 0.15) is 32.0 Å². The maximum absolute atomic E-state index is 8.97. The Kier molecular flexibility index (Phi) is 2.57. The monoisotopic (exact) mass is 180 g/mol. The van der Waals surface area contributed by atoms with Crippen LogP contribution in [0.15, 0.2) is 12.1 Å². The number of aliphatic hydroxyl groups is 1. The molecule has 0 saturated carbocycles. The Bertz CT molecular complexity index is 302. The Morgan fingerprint density at radius 3 is 2.46 bits per heavy atom. The van der Waals surface area contributed by atoms with Crippen LogP contribution in [0, 0.1) is 0 Å². The predicted molar refractivity (Wildman–Crippen MR) is 53.3 cm³/mol. The standard InChI is InChI=1S/C10H16N2O/c1-10(2,3)8-4-7(6-13)5-9(11)12-8/h4-5,13H,6H2,1-3H3,(H2,11,12). The largest absolute Gasteiger partial charge is 0.392 e. The van der Waals surface area contributed by atoms with Gasteiger partial charge in [0.15, 0.2) is 0 Å². The molecule has 3 nitrogen and oxygen atoms in total. The van der Waals surface area contributed by atoms with Gasteiger partial charge in [0, 0.05) is 11.1 Å². The van der Waals surface area contributed by atoms with Gasteiger partial charge in [0.25, 0.3) is 0 Å². The Morgan fingerprint density at radius 2 is 2.00 bits per heavy atom. The first kappa shape index (κ1) is 9.99. The fourth-order valence-corrected chi connectivity index (χ4v) is 1.09. The third-order valence-electron chi connectivity index (χ3n) is 1.86. The van der Waals surface area contributed by atoms with Gasteiger partial charge in [-0.2, -0.15) is 0 Å². The fraction of sp³-hybridized carbons (Fsp3) is 0.500. The molecule has 1 rings (SSSR count). The Hall–Kier alpha value is -1.09. The summed E-state index contributed by atoms with van der Waals surface area (Å²) < 4.78 is 0.